The van der Waals surface area contributed by atoms with E-state index in [-0.39, 0.29) is 12.4 Å². The average Bonchev–Trinajstić information content (AvgIpc) is 2.57. The molecule has 0 saturated carbocycles. The summed E-state index contributed by atoms with van der Waals surface area (Å²) in [5.41, 5.74) is 2.18. The summed E-state index contributed by atoms with van der Waals surface area (Å²) in [5, 5.41) is 6.84. The van der Waals surface area contributed by atoms with Gasteiger partial charge in [0.1, 0.15) is 5.82 Å². The fourth-order valence-corrected chi connectivity index (χ4v) is 2.86. The highest BCUT2D eigenvalue weighted by molar-refractivity contribution is 5.85. The van der Waals surface area contributed by atoms with Gasteiger partial charge >= 0.3 is 0 Å². The lowest BCUT2D eigenvalue weighted by Gasteiger charge is -2.22. The van der Waals surface area contributed by atoms with Crippen molar-refractivity contribution in [3.63, 3.8) is 0 Å². The molecule has 23 heavy (non-hydrogen) atoms. The number of pyridine rings is 1. The molecule has 0 aliphatic carbocycles. The zero-order chi connectivity index (χ0) is 15.0. The van der Waals surface area contributed by atoms with Gasteiger partial charge in [0.05, 0.1) is 5.69 Å². The van der Waals surface area contributed by atoms with Gasteiger partial charge in [-0.15, -0.1) is 12.4 Å². The number of nitrogens with one attached hydrogen (secondary N) is 2. The second kappa shape index (κ2) is 9.43. The zero-order valence-electron chi connectivity index (χ0n) is 13.2. The molecule has 1 unspecified atom stereocenters. The van der Waals surface area contributed by atoms with Crippen molar-refractivity contribution in [2.75, 3.05) is 25.0 Å². The van der Waals surface area contributed by atoms with Crippen LogP contribution in [0.15, 0.2) is 36.8 Å². The summed E-state index contributed by atoms with van der Waals surface area (Å²) in [6.07, 6.45) is 9.73. The molecule has 2 aromatic heterocycles. The van der Waals surface area contributed by atoms with Gasteiger partial charge in [0.25, 0.3) is 0 Å². The first-order chi connectivity index (χ1) is 10.9. The van der Waals surface area contributed by atoms with Crippen molar-refractivity contribution in [1.29, 1.82) is 0 Å². The van der Waals surface area contributed by atoms with Crippen molar-refractivity contribution in [2.45, 2.75) is 25.7 Å². The summed E-state index contributed by atoms with van der Waals surface area (Å²) in [6, 6.07) is 6.24. The summed E-state index contributed by atoms with van der Waals surface area (Å²) >= 11 is 0. The molecule has 2 aromatic rings. The van der Waals surface area contributed by atoms with Crippen LogP contribution in [-0.2, 0) is 12.8 Å². The fourth-order valence-electron chi connectivity index (χ4n) is 2.86. The van der Waals surface area contributed by atoms with Crippen molar-refractivity contribution < 1.29 is 0 Å². The number of rotatable bonds is 6. The average molecular weight is 334 g/mol. The van der Waals surface area contributed by atoms with Crippen molar-refractivity contribution >= 4 is 18.2 Å². The minimum absolute atomic E-state index is 0. The van der Waals surface area contributed by atoms with E-state index in [9.17, 15) is 0 Å². The topological polar surface area (TPSA) is 62.7 Å². The van der Waals surface area contributed by atoms with Gasteiger partial charge in [-0.3, -0.25) is 9.97 Å². The lowest BCUT2D eigenvalue weighted by atomic mass is 9.94. The smallest absolute Gasteiger partial charge is 0.126 e. The summed E-state index contributed by atoms with van der Waals surface area (Å²) in [7, 11) is 0. The van der Waals surface area contributed by atoms with E-state index in [4.69, 9.17) is 4.98 Å². The molecule has 3 heterocycles. The van der Waals surface area contributed by atoms with Gasteiger partial charge in [-0.25, -0.2) is 4.98 Å². The molecule has 0 spiro atoms. The predicted octanol–water partition coefficient (Wildman–Crippen LogP) is 2.49. The van der Waals surface area contributed by atoms with Crippen LogP contribution in [0.5, 0.6) is 0 Å². The van der Waals surface area contributed by atoms with Crippen LogP contribution in [0, 0.1) is 5.92 Å². The van der Waals surface area contributed by atoms with Crippen LogP contribution in [-0.4, -0.2) is 34.6 Å². The van der Waals surface area contributed by atoms with Crippen molar-refractivity contribution in [3.8, 4) is 0 Å². The highest BCUT2D eigenvalue weighted by Gasteiger charge is 2.14. The van der Waals surface area contributed by atoms with Gasteiger partial charge in [-0.05, 0) is 50.4 Å². The van der Waals surface area contributed by atoms with Crippen molar-refractivity contribution in [3.05, 3.63) is 48.2 Å². The Bertz CT molecular complexity index is 572. The number of halogens is 1. The van der Waals surface area contributed by atoms with E-state index in [1.54, 1.807) is 12.4 Å². The summed E-state index contributed by atoms with van der Waals surface area (Å²) in [6.45, 7) is 3.10. The Morgan fingerprint density at radius 3 is 2.96 bits per heavy atom. The number of anilines is 1. The molecular formula is C17H24ClN5. The first-order valence-corrected chi connectivity index (χ1v) is 8.05. The molecule has 124 valence electrons. The molecule has 0 aromatic carbocycles. The quantitative estimate of drug-likeness (QED) is 0.850. The number of aromatic nitrogens is 3. The minimum atomic E-state index is 0. The van der Waals surface area contributed by atoms with Crippen LogP contribution < -0.4 is 10.6 Å². The van der Waals surface area contributed by atoms with Crippen LogP contribution in [0.4, 0.5) is 5.82 Å². The maximum absolute atomic E-state index is 4.72. The Labute approximate surface area is 143 Å². The Kier molecular flexibility index (Phi) is 7.23. The predicted molar refractivity (Wildman–Crippen MR) is 95.0 cm³/mol. The van der Waals surface area contributed by atoms with Crippen LogP contribution >= 0.6 is 12.4 Å². The maximum Gasteiger partial charge on any atom is 0.126 e. The van der Waals surface area contributed by atoms with Gasteiger partial charge < -0.3 is 10.6 Å². The van der Waals surface area contributed by atoms with E-state index in [0.29, 0.717) is 0 Å². The molecule has 3 rings (SSSR count). The van der Waals surface area contributed by atoms with E-state index < -0.39 is 0 Å². The summed E-state index contributed by atoms with van der Waals surface area (Å²) in [4.78, 5) is 13.1. The Hall–Kier alpha value is -1.72. The van der Waals surface area contributed by atoms with Gasteiger partial charge in [0, 0.05) is 37.3 Å². The first-order valence-electron chi connectivity index (χ1n) is 8.05. The SMILES string of the molecule is Cl.c1cc(CC2CCCNC2)nc(NCCc2cnccn2)c1. The minimum Gasteiger partial charge on any atom is -0.370 e. The fraction of sp³-hybridized carbons (Fsp3) is 0.471. The van der Waals surface area contributed by atoms with Crippen molar-refractivity contribution in [2.24, 2.45) is 5.92 Å². The number of hydrogen-bond acceptors (Lipinski definition) is 5. The Morgan fingerprint density at radius 1 is 1.22 bits per heavy atom. The van der Waals surface area contributed by atoms with Crippen molar-refractivity contribution in [1.82, 2.24) is 20.3 Å². The largest absolute Gasteiger partial charge is 0.370 e. The standard InChI is InChI=1S/C17H23N5.ClH/c1-4-15(11-14-3-2-7-18-12-14)22-17(5-1)21-8-6-16-13-19-9-10-20-16;/h1,4-5,9-10,13-14,18H,2-3,6-8,11-12H2,(H,21,22);1H. The molecule has 1 aliphatic rings. The van der Waals surface area contributed by atoms with E-state index in [1.807, 2.05) is 12.3 Å². The number of hydrogen-bond donors (Lipinski definition) is 2. The lowest BCUT2D eigenvalue weighted by molar-refractivity contribution is 0.373. The molecule has 6 heteroatoms. The highest BCUT2D eigenvalue weighted by Crippen LogP contribution is 2.16. The van der Waals surface area contributed by atoms with Gasteiger partial charge in [0.2, 0.25) is 0 Å². The molecular weight excluding hydrogens is 310 g/mol. The number of nitrogens with zero attached hydrogens (tertiary/aromatic N) is 3. The third-order valence-corrected chi connectivity index (χ3v) is 4.01. The first kappa shape index (κ1) is 17.6. The molecule has 5 nitrogen and oxygen atoms in total. The molecule has 1 saturated heterocycles. The van der Waals surface area contributed by atoms with E-state index in [0.717, 1.165) is 49.9 Å². The van der Waals surface area contributed by atoms with E-state index in [1.165, 1.54) is 18.5 Å². The van der Waals surface area contributed by atoms with Gasteiger partial charge in [0.15, 0.2) is 0 Å². The second-order valence-electron chi connectivity index (χ2n) is 5.80. The molecule has 2 N–H and O–H groups in total. The molecule has 0 amide bonds. The normalized spacial score (nSPS) is 17.3. The maximum atomic E-state index is 4.72. The van der Waals surface area contributed by atoms with Crippen LogP contribution in [0.3, 0.4) is 0 Å². The Morgan fingerprint density at radius 2 is 2.17 bits per heavy atom. The molecule has 1 fully saturated rings. The summed E-state index contributed by atoms with van der Waals surface area (Å²) < 4.78 is 0. The van der Waals surface area contributed by atoms with Crippen LogP contribution in [0.25, 0.3) is 0 Å². The molecule has 1 aliphatic heterocycles. The number of piperidine rings is 1. The lowest BCUT2D eigenvalue weighted by Crippen LogP contribution is -2.31. The highest BCUT2D eigenvalue weighted by atomic mass is 35.5. The van der Waals surface area contributed by atoms with Crippen LogP contribution in [0.1, 0.15) is 24.2 Å². The Balaban J connectivity index is 0.00000192. The second-order valence-corrected chi connectivity index (χ2v) is 5.80. The molecule has 0 bridgehead atoms. The zero-order valence-corrected chi connectivity index (χ0v) is 14.1. The third kappa shape index (κ3) is 5.77. The van der Waals surface area contributed by atoms with Crippen LogP contribution in [0.2, 0.25) is 0 Å². The van der Waals surface area contributed by atoms with Gasteiger partial charge in [-0.1, -0.05) is 6.07 Å². The van der Waals surface area contributed by atoms with E-state index >= 15 is 0 Å². The monoisotopic (exact) mass is 333 g/mol. The molecule has 1 atom stereocenters. The third-order valence-electron chi connectivity index (χ3n) is 4.01. The molecule has 0 radical (unpaired) electrons. The summed E-state index contributed by atoms with van der Waals surface area (Å²) in [5.74, 6) is 1.67. The van der Waals surface area contributed by atoms with E-state index in [2.05, 4.69) is 32.7 Å². The van der Waals surface area contributed by atoms with Gasteiger partial charge in [-0.2, -0.15) is 0 Å².